The zero-order valence-corrected chi connectivity index (χ0v) is 16.0. The molecule has 10 nitrogen and oxygen atoms in total. The number of carbonyl (C=O) groups is 2. The second kappa shape index (κ2) is 7.94. The molecule has 0 saturated carbocycles. The van der Waals surface area contributed by atoms with Gasteiger partial charge in [-0.15, -0.1) is 5.10 Å². The number of halogens is 1. The minimum atomic E-state index is -0.547. The van der Waals surface area contributed by atoms with Crippen LogP contribution in [0.4, 0.5) is 26.4 Å². The lowest BCUT2D eigenvalue weighted by atomic mass is 10.2. The van der Waals surface area contributed by atoms with Crippen LogP contribution in [-0.2, 0) is 9.53 Å². The Morgan fingerprint density at radius 3 is 2.72 bits per heavy atom. The van der Waals surface area contributed by atoms with Crippen LogP contribution in [0.2, 0.25) is 0 Å². The van der Waals surface area contributed by atoms with Crippen molar-refractivity contribution in [3.05, 3.63) is 30.2 Å². The van der Waals surface area contributed by atoms with Gasteiger partial charge in [-0.3, -0.25) is 9.69 Å². The highest BCUT2D eigenvalue weighted by atomic mass is 19.1. The van der Waals surface area contributed by atoms with Gasteiger partial charge < -0.3 is 19.9 Å². The van der Waals surface area contributed by atoms with Crippen LogP contribution in [0.15, 0.2) is 24.4 Å². The largest absolute Gasteiger partial charge is 0.442 e. The standard InChI is InChI=1S/C18H22FN7O3/c1-12(27)20-9-14-11-26(18(28)29-14)13-2-3-16(15(19)8-13)24-4-6-25(7-5-24)17-10-21-23-22-17/h2-3,8,10,14H,4-7,9,11H2,1H3,(H,20,27)(H,21,22,23)/t14-/m0/s1. The van der Waals surface area contributed by atoms with E-state index in [1.54, 1.807) is 18.3 Å². The molecule has 0 spiro atoms. The van der Waals surface area contributed by atoms with Crippen molar-refractivity contribution in [2.24, 2.45) is 0 Å². The molecule has 4 rings (SSSR count). The van der Waals surface area contributed by atoms with Crippen molar-refractivity contribution in [1.82, 2.24) is 20.7 Å². The van der Waals surface area contributed by atoms with E-state index in [2.05, 4.69) is 25.6 Å². The molecule has 2 saturated heterocycles. The van der Waals surface area contributed by atoms with Crippen LogP contribution < -0.4 is 20.0 Å². The van der Waals surface area contributed by atoms with Gasteiger partial charge in [-0.2, -0.15) is 10.3 Å². The number of carbonyl (C=O) groups excluding carboxylic acids is 2. The summed E-state index contributed by atoms with van der Waals surface area (Å²) in [5.41, 5.74) is 0.929. The van der Waals surface area contributed by atoms with Gasteiger partial charge in [-0.25, -0.2) is 9.18 Å². The van der Waals surface area contributed by atoms with Gasteiger partial charge in [-0.1, -0.05) is 0 Å². The Bertz CT molecular complexity index is 884. The number of ether oxygens (including phenoxy) is 1. The lowest BCUT2D eigenvalue weighted by Gasteiger charge is -2.36. The Morgan fingerprint density at radius 2 is 2.07 bits per heavy atom. The molecule has 11 heteroatoms. The minimum absolute atomic E-state index is 0.196. The van der Waals surface area contributed by atoms with E-state index < -0.39 is 18.0 Å². The number of piperazine rings is 1. The monoisotopic (exact) mass is 403 g/mol. The molecule has 0 radical (unpaired) electrons. The van der Waals surface area contributed by atoms with Gasteiger partial charge in [0.2, 0.25) is 5.91 Å². The predicted octanol–water partition coefficient (Wildman–Crippen LogP) is 0.732. The van der Waals surface area contributed by atoms with Gasteiger partial charge in [0.05, 0.1) is 30.7 Å². The molecule has 29 heavy (non-hydrogen) atoms. The molecular weight excluding hydrogens is 381 g/mol. The molecule has 0 bridgehead atoms. The number of amides is 2. The minimum Gasteiger partial charge on any atom is -0.442 e. The normalized spacial score (nSPS) is 19.4. The van der Waals surface area contributed by atoms with E-state index in [1.165, 1.54) is 17.9 Å². The van der Waals surface area contributed by atoms with Gasteiger partial charge >= 0.3 is 6.09 Å². The van der Waals surface area contributed by atoms with Crippen molar-refractivity contribution in [2.45, 2.75) is 13.0 Å². The second-order valence-corrected chi connectivity index (χ2v) is 6.99. The Hall–Kier alpha value is -3.37. The van der Waals surface area contributed by atoms with Gasteiger partial charge in [0, 0.05) is 33.1 Å². The molecule has 2 aliphatic rings. The number of benzene rings is 1. The Labute approximate surface area is 166 Å². The van der Waals surface area contributed by atoms with Crippen LogP contribution in [-0.4, -0.2) is 72.8 Å². The number of anilines is 3. The van der Waals surface area contributed by atoms with Crippen LogP contribution in [0.3, 0.4) is 0 Å². The molecular formula is C18H22FN7O3. The van der Waals surface area contributed by atoms with Crippen LogP contribution in [0.5, 0.6) is 0 Å². The first-order valence-corrected chi connectivity index (χ1v) is 9.39. The number of H-pyrrole nitrogens is 1. The second-order valence-electron chi connectivity index (χ2n) is 6.99. The van der Waals surface area contributed by atoms with Crippen LogP contribution >= 0.6 is 0 Å². The topological polar surface area (TPSA) is 107 Å². The van der Waals surface area contributed by atoms with E-state index in [0.717, 1.165) is 5.82 Å². The van der Waals surface area contributed by atoms with Gasteiger partial charge in [-0.05, 0) is 18.2 Å². The van der Waals surface area contributed by atoms with Gasteiger partial charge in [0.1, 0.15) is 11.9 Å². The third kappa shape index (κ3) is 4.08. The van der Waals surface area contributed by atoms with Crippen molar-refractivity contribution >= 4 is 29.2 Å². The molecule has 2 N–H and O–H groups in total. The molecule has 2 aliphatic heterocycles. The Balaban J connectivity index is 1.39. The summed E-state index contributed by atoms with van der Waals surface area (Å²) in [5, 5.41) is 13.1. The van der Waals surface area contributed by atoms with E-state index in [1.807, 2.05) is 4.90 Å². The third-order valence-corrected chi connectivity index (χ3v) is 5.04. The first-order chi connectivity index (χ1) is 14.0. The lowest BCUT2D eigenvalue weighted by Crippen LogP contribution is -2.47. The fourth-order valence-corrected chi connectivity index (χ4v) is 3.54. The maximum atomic E-state index is 14.8. The average Bonchev–Trinajstić information content (AvgIpc) is 3.36. The number of rotatable bonds is 5. The summed E-state index contributed by atoms with van der Waals surface area (Å²) in [6.45, 7) is 4.59. The first-order valence-electron chi connectivity index (χ1n) is 9.39. The number of hydrogen-bond donors (Lipinski definition) is 2. The molecule has 1 aromatic heterocycles. The number of nitrogens with one attached hydrogen (secondary N) is 2. The summed E-state index contributed by atoms with van der Waals surface area (Å²) in [5.74, 6) is 0.191. The predicted molar refractivity (Wildman–Crippen MR) is 104 cm³/mol. The summed E-state index contributed by atoms with van der Waals surface area (Å²) in [7, 11) is 0. The molecule has 154 valence electrons. The maximum absolute atomic E-state index is 14.8. The molecule has 0 unspecified atom stereocenters. The number of aromatic nitrogens is 3. The fraction of sp³-hybridized carbons (Fsp3) is 0.444. The van der Waals surface area contributed by atoms with Gasteiger partial charge in [0.15, 0.2) is 5.82 Å². The zero-order chi connectivity index (χ0) is 20.4. The van der Waals surface area contributed by atoms with Crippen molar-refractivity contribution in [2.75, 3.05) is 54.0 Å². The number of cyclic esters (lactones) is 1. The van der Waals surface area contributed by atoms with Crippen LogP contribution in [0, 0.1) is 5.82 Å². The van der Waals surface area contributed by atoms with Crippen LogP contribution in [0.25, 0.3) is 0 Å². The smallest absolute Gasteiger partial charge is 0.414 e. The third-order valence-electron chi connectivity index (χ3n) is 5.04. The lowest BCUT2D eigenvalue weighted by molar-refractivity contribution is -0.119. The van der Waals surface area contributed by atoms with Crippen molar-refractivity contribution < 1.29 is 18.7 Å². The number of hydrogen-bond acceptors (Lipinski definition) is 7. The van der Waals surface area contributed by atoms with E-state index in [4.69, 9.17) is 4.74 Å². The highest BCUT2D eigenvalue weighted by Crippen LogP contribution is 2.28. The summed E-state index contributed by atoms with van der Waals surface area (Å²) in [6.07, 6.45) is 0.659. The number of nitrogens with zero attached hydrogens (tertiary/aromatic N) is 5. The molecule has 2 fully saturated rings. The highest BCUT2D eigenvalue weighted by Gasteiger charge is 2.33. The summed E-state index contributed by atoms with van der Waals surface area (Å²) >= 11 is 0. The highest BCUT2D eigenvalue weighted by molar-refractivity contribution is 5.90. The number of aromatic amines is 1. The first kappa shape index (κ1) is 19.0. The molecule has 0 aliphatic carbocycles. The van der Waals surface area contributed by atoms with Gasteiger partial charge in [0.25, 0.3) is 0 Å². The van der Waals surface area contributed by atoms with Crippen molar-refractivity contribution in [3.63, 3.8) is 0 Å². The fourth-order valence-electron chi connectivity index (χ4n) is 3.54. The SMILES string of the molecule is CC(=O)NC[C@H]1CN(c2ccc(N3CCN(c4cn[nH]n4)CC3)c(F)c2)C(=O)O1. The molecule has 3 heterocycles. The summed E-state index contributed by atoms with van der Waals surface area (Å²) in [6, 6.07) is 4.75. The van der Waals surface area contributed by atoms with Crippen molar-refractivity contribution in [3.8, 4) is 0 Å². The summed E-state index contributed by atoms with van der Waals surface area (Å²) < 4.78 is 20.1. The Kier molecular flexibility index (Phi) is 5.19. The Morgan fingerprint density at radius 1 is 1.31 bits per heavy atom. The van der Waals surface area contributed by atoms with E-state index in [-0.39, 0.29) is 19.0 Å². The quantitative estimate of drug-likeness (QED) is 0.758. The van der Waals surface area contributed by atoms with E-state index in [0.29, 0.717) is 37.6 Å². The zero-order valence-electron chi connectivity index (χ0n) is 16.0. The molecule has 1 atom stereocenters. The average molecular weight is 403 g/mol. The van der Waals surface area contributed by atoms with E-state index >= 15 is 0 Å². The molecule has 2 amide bonds. The summed E-state index contributed by atoms with van der Waals surface area (Å²) in [4.78, 5) is 28.6. The molecule has 2 aromatic rings. The van der Waals surface area contributed by atoms with Crippen LogP contribution in [0.1, 0.15) is 6.92 Å². The van der Waals surface area contributed by atoms with E-state index in [9.17, 15) is 14.0 Å². The maximum Gasteiger partial charge on any atom is 0.414 e. The van der Waals surface area contributed by atoms with Crippen molar-refractivity contribution in [1.29, 1.82) is 0 Å². The molecule has 1 aromatic carbocycles.